The lowest BCUT2D eigenvalue weighted by Crippen LogP contribution is -2.43. The first-order valence-electron chi connectivity index (χ1n) is 13.6. The maximum absolute atomic E-state index is 13.0. The number of hydrogen-bond donors (Lipinski definition) is 1. The van der Waals surface area contributed by atoms with Gasteiger partial charge in [0.1, 0.15) is 17.7 Å². The Bertz CT molecular complexity index is 1310. The lowest BCUT2D eigenvalue weighted by molar-refractivity contribution is -0.150. The van der Waals surface area contributed by atoms with E-state index in [9.17, 15) is 9.59 Å². The van der Waals surface area contributed by atoms with Crippen LogP contribution in [0.5, 0.6) is 0 Å². The largest absolute Gasteiger partial charge is 0.460 e. The van der Waals surface area contributed by atoms with E-state index in [4.69, 9.17) is 9.47 Å². The third-order valence-electron chi connectivity index (χ3n) is 6.61. The summed E-state index contributed by atoms with van der Waals surface area (Å²) in [6, 6.07) is 36.3. The van der Waals surface area contributed by atoms with Gasteiger partial charge in [-0.15, -0.1) is 0 Å². The Kier molecular flexibility index (Phi) is 9.05. The van der Waals surface area contributed by atoms with Crippen molar-refractivity contribution in [1.29, 1.82) is 0 Å². The summed E-state index contributed by atoms with van der Waals surface area (Å²) in [4.78, 5) is 25.2. The highest BCUT2D eigenvalue weighted by atomic mass is 16.6. The summed E-state index contributed by atoms with van der Waals surface area (Å²) in [5.41, 5.74) is 5.90. The van der Waals surface area contributed by atoms with Gasteiger partial charge >= 0.3 is 12.1 Å². The molecule has 0 unspecified atom stereocenters. The molecule has 5 heteroatoms. The molecule has 1 N–H and O–H groups in total. The van der Waals surface area contributed by atoms with Crippen LogP contribution in [0.1, 0.15) is 51.7 Å². The van der Waals surface area contributed by atoms with Gasteiger partial charge in [-0.25, -0.2) is 9.59 Å². The van der Waals surface area contributed by atoms with Crippen LogP contribution in [0.4, 0.5) is 4.79 Å². The first-order valence-corrected chi connectivity index (χ1v) is 13.6. The third-order valence-corrected chi connectivity index (χ3v) is 6.61. The number of benzene rings is 4. The highest BCUT2D eigenvalue weighted by Gasteiger charge is 2.28. The second kappa shape index (κ2) is 12.6. The predicted molar refractivity (Wildman–Crippen MR) is 160 cm³/mol. The SMILES string of the molecule is C[C@H](NC(=O)OC(C)(C)C)C(=O)O[C@@H](C)C(c1ccc(-c2ccccc2)cc1)c1ccc(-c2ccccc2)cc1. The zero-order valence-electron chi connectivity index (χ0n) is 23.8. The van der Waals surface area contributed by atoms with Crippen LogP contribution >= 0.6 is 0 Å². The zero-order valence-corrected chi connectivity index (χ0v) is 23.8. The summed E-state index contributed by atoms with van der Waals surface area (Å²) in [5.74, 6) is -0.738. The van der Waals surface area contributed by atoms with Crippen molar-refractivity contribution in [3.8, 4) is 22.3 Å². The van der Waals surface area contributed by atoms with Gasteiger partial charge in [-0.3, -0.25) is 0 Å². The third kappa shape index (κ3) is 7.60. The van der Waals surface area contributed by atoms with Crippen LogP contribution in [-0.4, -0.2) is 29.8 Å². The molecule has 0 saturated heterocycles. The lowest BCUT2D eigenvalue weighted by atomic mass is 9.85. The molecule has 40 heavy (non-hydrogen) atoms. The van der Waals surface area contributed by atoms with Gasteiger partial charge in [0, 0.05) is 5.92 Å². The maximum atomic E-state index is 13.0. The van der Waals surface area contributed by atoms with Gasteiger partial charge < -0.3 is 14.8 Å². The smallest absolute Gasteiger partial charge is 0.408 e. The van der Waals surface area contributed by atoms with Crippen LogP contribution in [0.3, 0.4) is 0 Å². The Morgan fingerprint density at radius 2 is 1.02 bits per heavy atom. The fourth-order valence-electron chi connectivity index (χ4n) is 4.66. The molecule has 0 heterocycles. The number of nitrogens with one attached hydrogen (secondary N) is 1. The molecule has 0 bridgehead atoms. The number of esters is 1. The van der Waals surface area contributed by atoms with E-state index < -0.39 is 29.8 Å². The predicted octanol–water partition coefficient (Wildman–Crippen LogP) is 8.00. The molecule has 0 aliphatic rings. The van der Waals surface area contributed by atoms with Crippen molar-refractivity contribution in [3.05, 3.63) is 120 Å². The van der Waals surface area contributed by atoms with Crippen molar-refractivity contribution in [2.24, 2.45) is 0 Å². The molecule has 0 spiro atoms. The maximum Gasteiger partial charge on any atom is 0.408 e. The molecule has 2 atom stereocenters. The second-order valence-electron chi connectivity index (χ2n) is 11.0. The Hall–Kier alpha value is -4.38. The normalized spacial score (nSPS) is 12.8. The van der Waals surface area contributed by atoms with E-state index >= 15 is 0 Å². The number of alkyl carbamates (subject to hydrolysis) is 1. The summed E-state index contributed by atoms with van der Waals surface area (Å²) in [7, 11) is 0. The van der Waals surface area contributed by atoms with Gasteiger partial charge in [-0.05, 0) is 68.0 Å². The van der Waals surface area contributed by atoms with Gasteiger partial charge in [-0.2, -0.15) is 0 Å². The minimum Gasteiger partial charge on any atom is -0.460 e. The molecule has 5 nitrogen and oxygen atoms in total. The molecular formula is C35H37NO4. The molecular weight excluding hydrogens is 498 g/mol. The number of amides is 1. The second-order valence-corrected chi connectivity index (χ2v) is 11.0. The van der Waals surface area contributed by atoms with Crippen LogP contribution in [0.15, 0.2) is 109 Å². The fraction of sp³-hybridized carbons (Fsp3) is 0.257. The molecule has 206 valence electrons. The molecule has 4 aromatic carbocycles. The van der Waals surface area contributed by atoms with Gasteiger partial charge in [-0.1, -0.05) is 109 Å². The Morgan fingerprint density at radius 1 is 0.625 bits per heavy atom. The molecule has 0 aliphatic carbocycles. The van der Waals surface area contributed by atoms with Crippen LogP contribution < -0.4 is 5.32 Å². The molecule has 0 aliphatic heterocycles. The van der Waals surface area contributed by atoms with Crippen molar-refractivity contribution in [2.75, 3.05) is 0 Å². The summed E-state index contributed by atoms with van der Waals surface area (Å²) in [6.07, 6.45) is -1.16. The Labute approximate surface area is 237 Å². The first-order chi connectivity index (χ1) is 19.1. The Balaban J connectivity index is 1.58. The average molecular weight is 536 g/mol. The van der Waals surface area contributed by atoms with E-state index in [1.54, 1.807) is 27.7 Å². The molecule has 0 aromatic heterocycles. The topological polar surface area (TPSA) is 64.6 Å². The number of carbonyl (C=O) groups is 2. The first kappa shape index (κ1) is 28.6. The van der Waals surface area contributed by atoms with E-state index in [0.29, 0.717) is 0 Å². The van der Waals surface area contributed by atoms with Crippen LogP contribution in [0.2, 0.25) is 0 Å². The van der Waals surface area contributed by atoms with Gasteiger partial charge in [0.15, 0.2) is 0 Å². The van der Waals surface area contributed by atoms with Crippen molar-refractivity contribution in [2.45, 2.75) is 58.3 Å². The quantitative estimate of drug-likeness (QED) is 0.232. The minimum absolute atomic E-state index is 0.215. The number of rotatable bonds is 8. The van der Waals surface area contributed by atoms with Crippen LogP contribution in [0.25, 0.3) is 22.3 Å². The van der Waals surface area contributed by atoms with Gasteiger partial charge in [0.2, 0.25) is 0 Å². The summed E-state index contributed by atoms with van der Waals surface area (Å²) in [6.45, 7) is 8.80. The van der Waals surface area contributed by atoms with E-state index in [2.05, 4.69) is 78.1 Å². The standard InChI is InChI=1S/C35H37NO4/c1-24(36-34(38)40-35(3,4)5)33(37)39-25(2)32(30-20-16-28(17-21-30)26-12-8-6-9-13-26)31-22-18-29(19-23-31)27-14-10-7-11-15-27/h6-25,32H,1-5H3,(H,36,38)/t24-,25-/m0/s1. The molecule has 0 saturated carbocycles. The van der Waals surface area contributed by atoms with Crippen molar-refractivity contribution in [1.82, 2.24) is 5.32 Å². The zero-order chi connectivity index (χ0) is 28.7. The number of hydrogen-bond acceptors (Lipinski definition) is 4. The highest BCUT2D eigenvalue weighted by molar-refractivity contribution is 5.81. The van der Waals surface area contributed by atoms with E-state index in [1.165, 1.54) is 0 Å². The molecule has 4 aromatic rings. The van der Waals surface area contributed by atoms with Crippen molar-refractivity contribution in [3.63, 3.8) is 0 Å². The minimum atomic E-state index is -0.862. The molecule has 0 fully saturated rings. The number of carbonyl (C=O) groups excluding carboxylic acids is 2. The van der Waals surface area contributed by atoms with Crippen LogP contribution in [-0.2, 0) is 14.3 Å². The van der Waals surface area contributed by atoms with E-state index in [1.807, 2.05) is 43.3 Å². The summed E-state index contributed by atoms with van der Waals surface area (Å²) in [5, 5.41) is 2.58. The average Bonchev–Trinajstić information content (AvgIpc) is 2.94. The lowest BCUT2D eigenvalue weighted by Gasteiger charge is -2.27. The molecule has 0 radical (unpaired) electrons. The summed E-state index contributed by atoms with van der Waals surface area (Å²) < 4.78 is 11.2. The van der Waals surface area contributed by atoms with Gasteiger partial charge in [0.05, 0.1) is 0 Å². The Morgan fingerprint density at radius 3 is 1.43 bits per heavy atom. The fourth-order valence-corrected chi connectivity index (χ4v) is 4.66. The summed E-state index contributed by atoms with van der Waals surface area (Å²) >= 11 is 0. The van der Waals surface area contributed by atoms with E-state index in [0.717, 1.165) is 33.4 Å². The van der Waals surface area contributed by atoms with Crippen molar-refractivity contribution < 1.29 is 19.1 Å². The van der Waals surface area contributed by atoms with E-state index in [-0.39, 0.29) is 5.92 Å². The molecule has 4 rings (SSSR count). The van der Waals surface area contributed by atoms with Gasteiger partial charge in [0.25, 0.3) is 0 Å². The van der Waals surface area contributed by atoms with Crippen molar-refractivity contribution >= 4 is 12.1 Å². The highest BCUT2D eigenvalue weighted by Crippen LogP contribution is 2.33. The monoisotopic (exact) mass is 535 g/mol. The number of ether oxygens (including phenoxy) is 2. The molecule has 1 amide bonds. The van der Waals surface area contributed by atoms with Crippen LogP contribution in [0, 0.1) is 0 Å².